The summed E-state index contributed by atoms with van der Waals surface area (Å²) in [4.78, 5) is 4.91. The van der Waals surface area contributed by atoms with E-state index in [2.05, 4.69) is 85.6 Å². The minimum Gasteiger partial charge on any atom is -0.295 e. The van der Waals surface area contributed by atoms with Gasteiger partial charge in [-0.15, -0.1) is 0 Å². The molecule has 26 heavy (non-hydrogen) atoms. The molecule has 1 aliphatic heterocycles. The summed E-state index contributed by atoms with van der Waals surface area (Å²) in [5.41, 5.74) is 11.5. The van der Waals surface area contributed by atoms with Gasteiger partial charge in [0, 0.05) is 18.1 Å². The van der Waals surface area contributed by atoms with Crippen molar-refractivity contribution >= 4 is 11.0 Å². The Bertz CT molecular complexity index is 1200. The van der Waals surface area contributed by atoms with E-state index in [-0.39, 0.29) is 0 Å². The molecule has 0 saturated carbocycles. The van der Waals surface area contributed by atoms with Gasteiger partial charge in [0.25, 0.3) is 0 Å². The number of hydrogen-bond donors (Lipinski definition) is 0. The van der Waals surface area contributed by atoms with Gasteiger partial charge in [0.15, 0.2) is 6.20 Å². The van der Waals surface area contributed by atoms with Crippen LogP contribution in [0.3, 0.4) is 0 Å². The number of fused-ring (bicyclic) bond motifs is 5. The molecule has 0 amide bonds. The standard InChI is InChI=1S/C23H22N3/c1-14-9-10-20(25(4)13-14)22-15(2)11-16(3)23-17(22)12-21-24-18-7-5-6-8-19(18)26(21)23/h5-11,13H,12H2,1-4H3/q+1. The first-order valence-electron chi connectivity index (χ1n) is 9.11. The minimum atomic E-state index is 0.885. The van der Waals surface area contributed by atoms with Crippen LogP contribution in [0.5, 0.6) is 0 Å². The predicted octanol–water partition coefficient (Wildman–Crippen LogP) is 4.35. The molecule has 0 aliphatic carbocycles. The summed E-state index contributed by atoms with van der Waals surface area (Å²) in [6, 6.07) is 15.2. The highest BCUT2D eigenvalue weighted by Gasteiger charge is 2.30. The number of aromatic nitrogens is 3. The van der Waals surface area contributed by atoms with E-state index < -0.39 is 0 Å². The number of para-hydroxylation sites is 2. The fourth-order valence-electron chi connectivity index (χ4n) is 4.51. The average molecular weight is 340 g/mol. The Labute approximate surface area is 153 Å². The Hall–Kier alpha value is -2.94. The normalized spacial score (nSPS) is 12.5. The predicted molar refractivity (Wildman–Crippen MR) is 105 cm³/mol. The molecule has 1 aliphatic rings. The lowest BCUT2D eigenvalue weighted by Gasteiger charge is -2.14. The summed E-state index contributed by atoms with van der Waals surface area (Å²) in [5.74, 6) is 1.14. The van der Waals surface area contributed by atoms with Crippen LogP contribution in [-0.4, -0.2) is 9.55 Å². The fraction of sp³-hybridized carbons (Fsp3) is 0.217. The van der Waals surface area contributed by atoms with Crippen molar-refractivity contribution in [2.45, 2.75) is 27.2 Å². The minimum absolute atomic E-state index is 0.885. The maximum absolute atomic E-state index is 4.91. The van der Waals surface area contributed by atoms with E-state index in [0.717, 1.165) is 17.8 Å². The van der Waals surface area contributed by atoms with E-state index in [4.69, 9.17) is 4.98 Å². The van der Waals surface area contributed by atoms with E-state index in [0.29, 0.717) is 0 Å². The molecule has 0 saturated heterocycles. The molecule has 4 aromatic rings. The molecule has 0 atom stereocenters. The lowest BCUT2D eigenvalue weighted by Crippen LogP contribution is -2.31. The molecular weight excluding hydrogens is 318 g/mol. The zero-order valence-electron chi connectivity index (χ0n) is 15.7. The van der Waals surface area contributed by atoms with Gasteiger partial charge in [0.05, 0.1) is 22.3 Å². The Morgan fingerprint density at radius 1 is 1.00 bits per heavy atom. The summed E-state index contributed by atoms with van der Waals surface area (Å²) in [5, 5.41) is 0. The van der Waals surface area contributed by atoms with Crippen LogP contribution in [0, 0.1) is 20.8 Å². The third-order valence-electron chi connectivity index (χ3n) is 5.51. The van der Waals surface area contributed by atoms with E-state index in [1.807, 2.05) is 0 Å². The van der Waals surface area contributed by atoms with Crippen LogP contribution in [0.2, 0.25) is 0 Å². The Morgan fingerprint density at radius 2 is 1.81 bits per heavy atom. The summed E-state index contributed by atoms with van der Waals surface area (Å²) in [6.07, 6.45) is 3.08. The van der Waals surface area contributed by atoms with E-state index >= 15 is 0 Å². The smallest absolute Gasteiger partial charge is 0.212 e. The van der Waals surface area contributed by atoms with E-state index in [1.165, 1.54) is 44.7 Å². The third-order valence-corrected chi connectivity index (χ3v) is 5.51. The van der Waals surface area contributed by atoms with Gasteiger partial charge < -0.3 is 0 Å². The SMILES string of the molecule is Cc1ccc(-c2c(C)cc(C)c3c2Cc2nc4ccccc4n2-3)[n+](C)c1. The van der Waals surface area contributed by atoms with Gasteiger partial charge in [-0.3, -0.25) is 4.57 Å². The van der Waals surface area contributed by atoms with Crippen molar-refractivity contribution < 1.29 is 4.57 Å². The summed E-state index contributed by atoms with van der Waals surface area (Å²) < 4.78 is 4.60. The number of aryl methyl sites for hydroxylation is 4. The first-order chi connectivity index (χ1) is 12.5. The zero-order chi connectivity index (χ0) is 18.0. The van der Waals surface area contributed by atoms with E-state index in [1.54, 1.807) is 0 Å². The highest BCUT2D eigenvalue weighted by molar-refractivity contribution is 5.83. The van der Waals surface area contributed by atoms with Gasteiger partial charge in [-0.25, -0.2) is 9.55 Å². The summed E-state index contributed by atoms with van der Waals surface area (Å²) in [7, 11) is 2.14. The first-order valence-corrected chi connectivity index (χ1v) is 9.11. The molecule has 0 radical (unpaired) electrons. The number of imidazole rings is 1. The molecule has 0 bridgehead atoms. The molecule has 0 fully saturated rings. The van der Waals surface area contributed by atoms with Crippen LogP contribution in [0.15, 0.2) is 48.7 Å². The quantitative estimate of drug-likeness (QED) is 0.416. The second-order valence-electron chi connectivity index (χ2n) is 7.44. The lowest BCUT2D eigenvalue weighted by atomic mass is 9.93. The van der Waals surface area contributed by atoms with Crippen LogP contribution < -0.4 is 4.57 Å². The topological polar surface area (TPSA) is 21.7 Å². The van der Waals surface area contributed by atoms with Crippen molar-refractivity contribution in [2.75, 3.05) is 0 Å². The molecule has 5 rings (SSSR count). The third kappa shape index (κ3) is 2.00. The molecule has 0 N–H and O–H groups in total. The Balaban J connectivity index is 1.85. The second-order valence-corrected chi connectivity index (χ2v) is 7.44. The number of hydrogen-bond acceptors (Lipinski definition) is 1. The molecule has 128 valence electrons. The van der Waals surface area contributed by atoms with Gasteiger partial charge in [-0.05, 0) is 55.7 Å². The molecular formula is C23H22N3+. The Morgan fingerprint density at radius 3 is 2.62 bits per heavy atom. The molecule has 3 heteroatoms. The summed E-state index contributed by atoms with van der Waals surface area (Å²) in [6.45, 7) is 6.58. The van der Waals surface area contributed by atoms with Crippen molar-refractivity contribution in [3.8, 4) is 16.9 Å². The molecule has 3 nitrogen and oxygen atoms in total. The van der Waals surface area contributed by atoms with E-state index in [9.17, 15) is 0 Å². The average Bonchev–Trinajstić information content (AvgIpc) is 3.12. The maximum Gasteiger partial charge on any atom is 0.212 e. The van der Waals surface area contributed by atoms with Gasteiger partial charge in [0.1, 0.15) is 12.9 Å². The zero-order valence-corrected chi connectivity index (χ0v) is 15.7. The van der Waals surface area contributed by atoms with Crippen molar-refractivity contribution in [2.24, 2.45) is 7.05 Å². The van der Waals surface area contributed by atoms with Crippen LogP contribution >= 0.6 is 0 Å². The molecule has 0 unspecified atom stereocenters. The molecule has 3 heterocycles. The van der Waals surface area contributed by atoms with Crippen LogP contribution in [0.25, 0.3) is 28.0 Å². The van der Waals surface area contributed by atoms with Crippen molar-refractivity contribution in [1.82, 2.24) is 9.55 Å². The lowest BCUT2D eigenvalue weighted by molar-refractivity contribution is -0.660. The number of rotatable bonds is 1. The van der Waals surface area contributed by atoms with Crippen molar-refractivity contribution in [3.05, 3.63) is 76.7 Å². The largest absolute Gasteiger partial charge is 0.295 e. The number of pyridine rings is 1. The van der Waals surface area contributed by atoms with Crippen molar-refractivity contribution in [3.63, 3.8) is 0 Å². The van der Waals surface area contributed by atoms with Gasteiger partial charge in [0.2, 0.25) is 5.69 Å². The highest BCUT2D eigenvalue weighted by atomic mass is 15.1. The molecule has 2 aromatic heterocycles. The molecule has 0 spiro atoms. The maximum atomic E-state index is 4.91. The van der Waals surface area contributed by atoms with Gasteiger partial charge in [-0.1, -0.05) is 18.2 Å². The molecule has 2 aromatic carbocycles. The van der Waals surface area contributed by atoms with Crippen LogP contribution in [0.1, 0.15) is 28.1 Å². The number of nitrogens with zero attached hydrogens (tertiary/aromatic N) is 3. The monoisotopic (exact) mass is 340 g/mol. The highest BCUT2D eigenvalue weighted by Crippen LogP contribution is 2.40. The fourth-order valence-corrected chi connectivity index (χ4v) is 4.51. The van der Waals surface area contributed by atoms with Crippen LogP contribution in [0.4, 0.5) is 0 Å². The summed E-state index contributed by atoms with van der Waals surface area (Å²) >= 11 is 0. The Kier molecular flexibility index (Phi) is 3.11. The number of benzene rings is 2. The second kappa shape index (κ2) is 5.28. The van der Waals surface area contributed by atoms with Gasteiger partial charge in [-0.2, -0.15) is 0 Å². The first kappa shape index (κ1) is 15.3. The van der Waals surface area contributed by atoms with Gasteiger partial charge >= 0.3 is 0 Å². The van der Waals surface area contributed by atoms with Crippen LogP contribution in [-0.2, 0) is 13.5 Å². The van der Waals surface area contributed by atoms with Crippen molar-refractivity contribution in [1.29, 1.82) is 0 Å².